The van der Waals surface area contributed by atoms with E-state index in [1.807, 2.05) is 0 Å². The van der Waals surface area contributed by atoms with Crippen molar-refractivity contribution in [2.75, 3.05) is 14.2 Å². The van der Waals surface area contributed by atoms with Gasteiger partial charge in [0.2, 0.25) is 0 Å². The van der Waals surface area contributed by atoms with Gasteiger partial charge in [0.05, 0.1) is 14.2 Å². The molecule has 2 rings (SSSR count). The van der Waals surface area contributed by atoms with Crippen molar-refractivity contribution >= 4 is 5.78 Å². The third-order valence-electron chi connectivity index (χ3n) is 3.07. The molecule has 0 heterocycles. The molecule has 0 aliphatic rings. The zero-order valence-corrected chi connectivity index (χ0v) is 11.6. The Morgan fingerprint density at radius 2 is 1.75 bits per heavy atom. The first kappa shape index (κ1) is 14.1. The van der Waals surface area contributed by atoms with Gasteiger partial charge in [-0.15, -0.1) is 0 Å². The molecule has 0 fully saturated rings. The molecule has 3 nitrogen and oxygen atoms in total. The average Bonchev–Trinajstić information content (AvgIpc) is 2.46. The average molecular weight is 274 g/mol. The van der Waals surface area contributed by atoms with Crippen LogP contribution in [0.15, 0.2) is 36.4 Å². The second-order valence-electron chi connectivity index (χ2n) is 4.32. The Morgan fingerprint density at radius 1 is 1.00 bits per heavy atom. The molecule has 0 spiro atoms. The van der Waals surface area contributed by atoms with Crippen LogP contribution in [0.5, 0.6) is 11.5 Å². The van der Waals surface area contributed by atoms with Gasteiger partial charge in [0, 0.05) is 16.7 Å². The minimum Gasteiger partial charge on any atom is -0.497 e. The molecule has 104 valence electrons. The van der Waals surface area contributed by atoms with Crippen LogP contribution >= 0.6 is 0 Å². The minimum absolute atomic E-state index is 0.117. The van der Waals surface area contributed by atoms with Crippen LogP contribution in [0, 0.1) is 5.82 Å². The number of Topliss-reactive ketones (excluding diaryl/α,β-unsaturated/α-hetero) is 1. The summed E-state index contributed by atoms with van der Waals surface area (Å²) < 4.78 is 24.5. The molecule has 2 aromatic carbocycles. The number of hydrogen-bond acceptors (Lipinski definition) is 3. The van der Waals surface area contributed by atoms with E-state index in [1.165, 1.54) is 39.3 Å². The summed E-state index contributed by atoms with van der Waals surface area (Å²) >= 11 is 0. The van der Waals surface area contributed by atoms with E-state index < -0.39 is 5.82 Å². The Hall–Kier alpha value is -2.36. The first-order valence-corrected chi connectivity index (χ1v) is 6.09. The molecule has 0 aliphatic carbocycles. The van der Waals surface area contributed by atoms with Gasteiger partial charge in [0.25, 0.3) is 0 Å². The molecule has 0 bridgehead atoms. The fraction of sp³-hybridized carbons (Fsp3) is 0.188. The molecular formula is C16H15FO3. The second-order valence-corrected chi connectivity index (χ2v) is 4.32. The van der Waals surface area contributed by atoms with Crippen LogP contribution in [-0.4, -0.2) is 20.0 Å². The molecule has 0 radical (unpaired) electrons. The third-order valence-corrected chi connectivity index (χ3v) is 3.07. The van der Waals surface area contributed by atoms with Crippen molar-refractivity contribution in [1.29, 1.82) is 0 Å². The maximum atomic E-state index is 14.1. The van der Waals surface area contributed by atoms with Crippen LogP contribution in [0.25, 0.3) is 11.1 Å². The van der Waals surface area contributed by atoms with Crippen LogP contribution in [0.2, 0.25) is 0 Å². The van der Waals surface area contributed by atoms with Crippen molar-refractivity contribution in [3.63, 3.8) is 0 Å². The largest absolute Gasteiger partial charge is 0.497 e. The summed E-state index contributed by atoms with van der Waals surface area (Å²) in [6.07, 6.45) is 0. The minimum atomic E-state index is -0.415. The lowest BCUT2D eigenvalue weighted by molar-refractivity contribution is 0.101. The maximum Gasteiger partial charge on any atom is 0.159 e. The fourth-order valence-corrected chi connectivity index (χ4v) is 1.98. The molecule has 4 heteroatoms. The number of rotatable bonds is 4. The Balaban J connectivity index is 2.65. The lowest BCUT2D eigenvalue weighted by Gasteiger charge is -2.12. The number of methoxy groups -OCH3 is 2. The van der Waals surface area contributed by atoms with Crippen LogP contribution < -0.4 is 9.47 Å². The molecule has 0 unspecified atom stereocenters. The summed E-state index contributed by atoms with van der Waals surface area (Å²) in [5, 5.41) is 0. The highest BCUT2D eigenvalue weighted by Gasteiger charge is 2.14. The van der Waals surface area contributed by atoms with Gasteiger partial charge in [0.15, 0.2) is 5.78 Å². The Bertz CT molecular complexity index is 650. The monoisotopic (exact) mass is 274 g/mol. The molecule has 0 aromatic heterocycles. The molecule has 0 saturated carbocycles. The SMILES string of the molecule is COc1ccc(OC)c(-c2cc(C(C)=O)ccc2F)c1. The molecule has 0 amide bonds. The number of carbonyl (C=O) groups excluding carboxylic acids is 1. The zero-order chi connectivity index (χ0) is 14.7. The molecular weight excluding hydrogens is 259 g/mol. The summed E-state index contributed by atoms with van der Waals surface area (Å²) in [6.45, 7) is 1.44. The van der Waals surface area contributed by atoms with E-state index in [4.69, 9.17) is 9.47 Å². The van der Waals surface area contributed by atoms with E-state index in [0.717, 1.165) is 0 Å². The van der Waals surface area contributed by atoms with E-state index >= 15 is 0 Å². The number of hydrogen-bond donors (Lipinski definition) is 0. The van der Waals surface area contributed by atoms with Gasteiger partial charge >= 0.3 is 0 Å². The smallest absolute Gasteiger partial charge is 0.159 e. The van der Waals surface area contributed by atoms with Crippen molar-refractivity contribution in [2.24, 2.45) is 0 Å². The van der Waals surface area contributed by atoms with Gasteiger partial charge in [-0.2, -0.15) is 0 Å². The topological polar surface area (TPSA) is 35.5 Å². The van der Waals surface area contributed by atoms with Crippen molar-refractivity contribution < 1.29 is 18.7 Å². The van der Waals surface area contributed by atoms with Crippen LogP contribution in [0.1, 0.15) is 17.3 Å². The predicted octanol–water partition coefficient (Wildman–Crippen LogP) is 3.71. The Kier molecular flexibility index (Phi) is 4.03. The van der Waals surface area contributed by atoms with Crippen molar-refractivity contribution in [1.82, 2.24) is 0 Å². The molecule has 0 aliphatic heterocycles. The van der Waals surface area contributed by atoms with Gasteiger partial charge in [-0.1, -0.05) is 0 Å². The van der Waals surface area contributed by atoms with E-state index in [2.05, 4.69) is 0 Å². The predicted molar refractivity (Wildman–Crippen MR) is 74.9 cm³/mol. The van der Waals surface area contributed by atoms with Crippen LogP contribution in [-0.2, 0) is 0 Å². The summed E-state index contributed by atoms with van der Waals surface area (Å²) in [4.78, 5) is 11.4. The quantitative estimate of drug-likeness (QED) is 0.797. The molecule has 0 atom stereocenters. The van der Waals surface area contributed by atoms with Gasteiger partial charge in [-0.25, -0.2) is 4.39 Å². The first-order chi connectivity index (χ1) is 9.56. The first-order valence-electron chi connectivity index (χ1n) is 6.09. The summed E-state index contributed by atoms with van der Waals surface area (Å²) in [6, 6.07) is 9.39. The van der Waals surface area contributed by atoms with Gasteiger partial charge in [-0.3, -0.25) is 4.79 Å². The number of halogens is 1. The second kappa shape index (κ2) is 5.74. The third kappa shape index (κ3) is 2.64. The van der Waals surface area contributed by atoms with Crippen molar-refractivity contribution in [3.8, 4) is 22.6 Å². The lowest BCUT2D eigenvalue weighted by Crippen LogP contribution is -1.96. The fourth-order valence-electron chi connectivity index (χ4n) is 1.98. The van der Waals surface area contributed by atoms with E-state index in [0.29, 0.717) is 28.2 Å². The van der Waals surface area contributed by atoms with E-state index in [-0.39, 0.29) is 5.78 Å². The number of ketones is 1. The van der Waals surface area contributed by atoms with E-state index in [1.54, 1.807) is 18.2 Å². The van der Waals surface area contributed by atoms with E-state index in [9.17, 15) is 9.18 Å². The molecule has 2 aromatic rings. The summed E-state index contributed by atoms with van der Waals surface area (Å²) in [5.74, 6) is 0.577. The lowest BCUT2D eigenvalue weighted by atomic mass is 10.00. The standard InChI is InChI=1S/C16H15FO3/c1-10(18)11-4-6-15(17)13(8-11)14-9-12(19-2)5-7-16(14)20-3/h4-9H,1-3H3. The summed E-state index contributed by atoms with van der Waals surface area (Å²) in [5.41, 5.74) is 1.31. The Labute approximate surface area is 117 Å². The molecule has 0 saturated heterocycles. The van der Waals surface area contributed by atoms with Crippen molar-refractivity contribution in [3.05, 3.63) is 47.8 Å². The van der Waals surface area contributed by atoms with Crippen LogP contribution in [0.3, 0.4) is 0 Å². The normalized spacial score (nSPS) is 10.2. The zero-order valence-electron chi connectivity index (χ0n) is 11.6. The number of ether oxygens (including phenoxy) is 2. The highest BCUT2D eigenvalue weighted by molar-refractivity contribution is 5.95. The summed E-state index contributed by atoms with van der Waals surface area (Å²) in [7, 11) is 3.05. The van der Waals surface area contributed by atoms with Gasteiger partial charge < -0.3 is 9.47 Å². The van der Waals surface area contributed by atoms with Gasteiger partial charge in [-0.05, 0) is 43.3 Å². The number of benzene rings is 2. The highest BCUT2D eigenvalue weighted by atomic mass is 19.1. The van der Waals surface area contributed by atoms with Crippen molar-refractivity contribution in [2.45, 2.75) is 6.92 Å². The Morgan fingerprint density at radius 3 is 2.35 bits per heavy atom. The number of carbonyl (C=O) groups is 1. The van der Waals surface area contributed by atoms with Crippen LogP contribution in [0.4, 0.5) is 4.39 Å². The maximum absolute atomic E-state index is 14.1. The highest BCUT2D eigenvalue weighted by Crippen LogP contribution is 2.35. The molecule has 0 N–H and O–H groups in total. The van der Waals surface area contributed by atoms with Gasteiger partial charge in [0.1, 0.15) is 17.3 Å². The molecule has 20 heavy (non-hydrogen) atoms.